The fraction of sp³-hybridized carbons (Fsp3) is 0.190. The molecular formula is C21H18N4O4S3. The number of amides is 2. The third-order valence-electron chi connectivity index (χ3n) is 4.69. The molecule has 11 heteroatoms. The van der Waals surface area contributed by atoms with E-state index < -0.39 is 0 Å². The van der Waals surface area contributed by atoms with E-state index in [1.54, 1.807) is 24.5 Å². The number of aryl methyl sites for hydroxylation is 1. The van der Waals surface area contributed by atoms with Gasteiger partial charge in [0.25, 0.3) is 5.91 Å². The molecular weight excluding hydrogens is 468 g/mol. The fourth-order valence-electron chi connectivity index (χ4n) is 3.08. The highest BCUT2D eigenvalue weighted by Crippen LogP contribution is 2.33. The second-order valence-electron chi connectivity index (χ2n) is 6.79. The minimum Gasteiger partial charge on any atom is -0.497 e. The Labute approximate surface area is 197 Å². The summed E-state index contributed by atoms with van der Waals surface area (Å²) in [6.07, 6.45) is 1.86. The van der Waals surface area contributed by atoms with Gasteiger partial charge in [-0.25, -0.2) is 4.63 Å². The highest BCUT2D eigenvalue weighted by molar-refractivity contribution is 8.26. The zero-order valence-electron chi connectivity index (χ0n) is 17.2. The van der Waals surface area contributed by atoms with Gasteiger partial charge in [0, 0.05) is 23.4 Å². The number of benzene rings is 1. The summed E-state index contributed by atoms with van der Waals surface area (Å²) in [5, 5.41) is 12.4. The number of thiocarbonyl (C=S) groups is 1. The molecule has 0 unspecified atom stereocenters. The van der Waals surface area contributed by atoms with Gasteiger partial charge in [0.1, 0.15) is 10.1 Å². The molecule has 1 saturated heterocycles. The largest absolute Gasteiger partial charge is 0.497 e. The van der Waals surface area contributed by atoms with Crippen LogP contribution in [0.15, 0.2) is 45.2 Å². The summed E-state index contributed by atoms with van der Waals surface area (Å²) in [7, 11) is 1.59. The van der Waals surface area contributed by atoms with Crippen LogP contribution in [-0.4, -0.2) is 45.0 Å². The van der Waals surface area contributed by atoms with Gasteiger partial charge < -0.3 is 10.1 Å². The topological polar surface area (TPSA) is 97.6 Å². The van der Waals surface area contributed by atoms with Gasteiger partial charge in [0.2, 0.25) is 11.7 Å². The molecule has 8 nitrogen and oxygen atoms in total. The molecule has 4 rings (SSSR count). The normalized spacial score (nSPS) is 14.9. The van der Waals surface area contributed by atoms with Crippen LogP contribution >= 0.6 is 35.3 Å². The van der Waals surface area contributed by atoms with Crippen LogP contribution in [0.25, 0.3) is 17.3 Å². The summed E-state index contributed by atoms with van der Waals surface area (Å²) in [4.78, 5) is 28.2. The molecule has 0 bridgehead atoms. The summed E-state index contributed by atoms with van der Waals surface area (Å²) in [6.45, 7) is 2.07. The van der Waals surface area contributed by atoms with E-state index >= 15 is 0 Å². The molecule has 0 radical (unpaired) electrons. The lowest BCUT2D eigenvalue weighted by molar-refractivity contribution is -0.122. The monoisotopic (exact) mass is 486 g/mol. The molecule has 1 aliphatic heterocycles. The van der Waals surface area contributed by atoms with Crippen LogP contribution in [0.2, 0.25) is 0 Å². The molecule has 1 aromatic carbocycles. The van der Waals surface area contributed by atoms with E-state index in [2.05, 4.69) is 15.6 Å². The van der Waals surface area contributed by atoms with E-state index in [1.807, 2.05) is 42.6 Å². The predicted octanol–water partition coefficient (Wildman–Crippen LogP) is 4.35. The number of carbonyl (C=O) groups is 2. The molecule has 0 atom stereocenters. The van der Waals surface area contributed by atoms with Gasteiger partial charge in [0.15, 0.2) is 5.69 Å². The molecule has 0 spiro atoms. The maximum atomic E-state index is 12.7. The third kappa shape index (κ3) is 4.74. The summed E-state index contributed by atoms with van der Waals surface area (Å²) in [5.41, 5.74) is 2.08. The third-order valence-corrected chi connectivity index (χ3v) is 6.88. The van der Waals surface area contributed by atoms with Crippen LogP contribution < -0.4 is 10.1 Å². The van der Waals surface area contributed by atoms with Crippen molar-refractivity contribution in [3.8, 4) is 17.0 Å². The molecule has 3 aromatic rings. The van der Waals surface area contributed by atoms with Gasteiger partial charge in [-0.05, 0) is 58.5 Å². The van der Waals surface area contributed by atoms with E-state index in [0.717, 1.165) is 16.0 Å². The summed E-state index contributed by atoms with van der Waals surface area (Å²) >= 11 is 8.11. The lowest BCUT2D eigenvalue weighted by atomic mass is 10.1. The van der Waals surface area contributed by atoms with Crippen molar-refractivity contribution in [2.24, 2.45) is 0 Å². The van der Waals surface area contributed by atoms with Gasteiger partial charge >= 0.3 is 0 Å². The Morgan fingerprint density at radius 3 is 2.91 bits per heavy atom. The molecule has 2 amide bonds. The van der Waals surface area contributed by atoms with Crippen molar-refractivity contribution in [3.05, 3.63) is 51.1 Å². The molecule has 32 heavy (non-hydrogen) atoms. The first-order valence-electron chi connectivity index (χ1n) is 9.52. The highest BCUT2D eigenvalue weighted by atomic mass is 32.2. The maximum Gasteiger partial charge on any atom is 0.266 e. The Bertz CT molecular complexity index is 1200. The van der Waals surface area contributed by atoms with Gasteiger partial charge in [0.05, 0.1) is 12.0 Å². The fourth-order valence-corrected chi connectivity index (χ4v) is 5.11. The number of rotatable bonds is 7. The summed E-state index contributed by atoms with van der Waals surface area (Å²) in [5.74, 6) is 0.402. The van der Waals surface area contributed by atoms with Crippen LogP contribution in [0.1, 0.15) is 16.9 Å². The number of anilines is 1. The molecule has 3 heterocycles. The first-order valence-corrected chi connectivity index (χ1v) is 11.6. The van der Waals surface area contributed by atoms with Gasteiger partial charge in [-0.2, -0.15) is 0 Å². The van der Waals surface area contributed by atoms with E-state index in [-0.39, 0.29) is 30.6 Å². The zero-order valence-corrected chi connectivity index (χ0v) is 19.6. The van der Waals surface area contributed by atoms with Crippen LogP contribution in [0.4, 0.5) is 5.82 Å². The van der Waals surface area contributed by atoms with Crippen molar-refractivity contribution in [2.45, 2.75) is 13.3 Å². The summed E-state index contributed by atoms with van der Waals surface area (Å²) < 4.78 is 10.5. The van der Waals surface area contributed by atoms with Crippen molar-refractivity contribution in [3.63, 3.8) is 0 Å². The van der Waals surface area contributed by atoms with Crippen LogP contribution in [-0.2, 0) is 9.59 Å². The Morgan fingerprint density at radius 2 is 2.19 bits per heavy atom. The molecule has 0 saturated carbocycles. The van der Waals surface area contributed by atoms with E-state index in [0.29, 0.717) is 20.7 Å². The number of nitrogens with one attached hydrogen (secondary N) is 1. The molecule has 1 fully saturated rings. The average Bonchev–Trinajstić information content (AvgIpc) is 3.50. The van der Waals surface area contributed by atoms with Crippen molar-refractivity contribution in [1.29, 1.82) is 0 Å². The van der Waals surface area contributed by atoms with Crippen LogP contribution in [0, 0.1) is 6.92 Å². The number of thiophene rings is 1. The average molecular weight is 487 g/mol. The minimum absolute atomic E-state index is 0.0482. The Hall–Kier alpha value is -3.02. The Morgan fingerprint density at radius 1 is 1.34 bits per heavy atom. The quantitative estimate of drug-likeness (QED) is 0.389. The number of carbonyl (C=O) groups excluding carboxylic acids is 2. The van der Waals surface area contributed by atoms with Crippen molar-refractivity contribution < 1.29 is 19.0 Å². The van der Waals surface area contributed by atoms with Crippen LogP contribution in [0.3, 0.4) is 0 Å². The smallest absolute Gasteiger partial charge is 0.266 e. The highest BCUT2D eigenvalue weighted by Gasteiger charge is 2.32. The second-order valence-corrected chi connectivity index (χ2v) is 9.44. The molecule has 1 aliphatic rings. The first kappa shape index (κ1) is 22.2. The van der Waals surface area contributed by atoms with Crippen molar-refractivity contribution >= 4 is 63.3 Å². The van der Waals surface area contributed by atoms with E-state index in [9.17, 15) is 9.59 Å². The number of nitrogens with zero attached hydrogens (tertiary/aromatic N) is 3. The van der Waals surface area contributed by atoms with E-state index in [1.165, 1.54) is 16.7 Å². The summed E-state index contributed by atoms with van der Waals surface area (Å²) in [6, 6.07) is 9.32. The molecule has 2 aromatic heterocycles. The molecule has 0 aliphatic carbocycles. The number of hydrogen-bond acceptors (Lipinski definition) is 9. The SMILES string of the molecule is COc1ccc(-c2nonc2NC(=O)CCN2C(=O)/C(=C/c3cccs3)SC2=S)c(C)c1. The Balaban J connectivity index is 1.40. The van der Waals surface area contributed by atoms with Crippen LogP contribution in [0.5, 0.6) is 5.75 Å². The van der Waals surface area contributed by atoms with Crippen molar-refractivity contribution in [1.82, 2.24) is 15.2 Å². The second kappa shape index (κ2) is 9.63. The molecule has 164 valence electrons. The Kier molecular flexibility index (Phi) is 6.68. The lowest BCUT2D eigenvalue weighted by Crippen LogP contribution is -2.31. The number of methoxy groups -OCH3 is 1. The first-order chi connectivity index (χ1) is 15.5. The number of ether oxygens (including phenoxy) is 1. The van der Waals surface area contributed by atoms with E-state index in [4.69, 9.17) is 21.6 Å². The number of thioether (sulfide) groups is 1. The van der Waals surface area contributed by atoms with Gasteiger partial charge in [-0.3, -0.25) is 14.5 Å². The number of hydrogen-bond donors (Lipinski definition) is 1. The van der Waals surface area contributed by atoms with Gasteiger partial charge in [-0.15, -0.1) is 11.3 Å². The minimum atomic E-state index is -0.329. The maximum absolute atomic E-state index is 12.7. The predicted molar refractivity (Wildman–Crippen MR) is 128 cm³/mol. The zero-order chi connectivity index (χ0) is 22.7. The molecule has 1 N–H and O–H groups in total. The standard InChI is InChI=1S/C21H18N4O4S3/c1-12-10-13(28-2)5-6-15(12)18-19(24-29-23-18)22-17(26)7-8-25-20(27)16(32-21(25)30)11-14-4-3-9-31-14/h3-6,9-11H,7-8H2,1-2H3,(H,22,24,26)/b16-11-. The van der Waals surface area contributed by atoms with Crippen molar-refractivity contribution in [2.75, 3.05) is 19.0 Å². The lowest BCUT2D eigenvalue weighted by Gasteiger charge is -2.13. The number of aromatic nitrogens is 2. The van der Waals surface area contributed by atoms with Gasteiger partial charge in [-0.1, -0.05) is 30.0 Å².